The van der Waals surface area contributed by atoms with Crippen LogP contribution in [0.15, 0.2) is 84.9 Å². The fraction of sp³-hybridized carbons (Fsp3) is 0.478. The summed E-state index contributed by atoms with van der Waals surface area (Å²) in [4.78, 5) is 0. The molecule has 0 fully saturated rings. The van der Waals surface area contributed by atoms with E-state index in [1.54, 1.807) is 22.3 Å². The van der Waals surface area contributed by atoms with Gasteiger partial charge in [0.1, 0.15) is 0 Å². The Morgan fingerprint density at radius 2 is 1.02 bits per heavy atom. The normalized spacial score (nSPS) is 21.6. The average molecular weight is 645 g/mol. The Morgan fingerprint density at radius 1 is 0.596 bits per heavy atom. The standard InChI is InChI=1S/C46H60S/c1-12-47(13-2,43-31(5)28-41-36(16-14-18-38(41)43)32-20-24-34(25-21-32)45(6,7)8)44-39-19-15-17-37(42(39)29-40(44)30(3)4)33-22-26-35(27-23-33)46(9,10)11/h14-27,30-31,40,43-44H,12-13,28-29H2,1-11H3. The van der Waals surface area contributed by atoms with Crippen LogP contribution in [-0.2, 0) is 23.7 Å². The van der Waals surface area contributed by atoms with E-state index < -0.39 is 10.0 Å². The van der Waals surface area contributed by atoms with E-state index >= 15 is 0 Å². The molecule has 0 N–H and O–H groups in total. The van der Waals surface area contributed by atoms with E-state index in [4.69, 9.17) is 0 Å². The van der Waals surface area contributed by atoms with Crippen LogP contribution in [0.1, 0.15) is 120 Å². The van der Waals surface area contributed by atoms with Crippen LogP contribution in [0, 0.1) is 17.8 Å². The Balaban J connectivity index is 1.46. The molecule has 0 nitrogen and oxygen atoms in total. The topological polar surface area (TPSA) is 0 Å². The predicted octanol–water partition coefficient (Wildman–Crippen LogP) is 13.3. The first-order chi connectivity index (χ1) is 22.2. The first-order valence-electron chi connectivity index (χ1n) is 18.4. The number of hydrogen-bond donors (Lipinski definition) is 0. The van der Waals surface area contributed by atoms with Crippen molar-refractivity contribution in [2.24, 2.45) is 17.8 Å². The van der Waals surface area contributed by atoms with Gasteiger partial charge in [-0.2, -0.15) is 0 Å². The molecule has 0 spiro atoms. The molecule has 2 aliphatic rings. The summed E-state index contributed by atoms with van der Waals surface area (Å²) in [6.07, 6.45) is 2.40. The molecule has 250 valence electrons. The minimum Gasteiger partial charge on any atom is -0.227 e. The third-order valence-corrected chi connectivity index (χ3v) is 17.5. The molecule has 0 aromatic heterocycles. The Kier molecular flexibility index (Phi) is 9.14. The monoisotopic (exact) mass is 644 g/mol. The van der Waals surface area contributed by atoms with Crippen molar-refractivity contribution in [2.45, 2.75) is 110 Å². The lowest BCUT2D eigenvalue weighted by molar-refractivity contribution is 0.392. The summed E-state index contributed by atoms with van der Waals surface area (Å²) in [5.41, 5.74) is 15.4. The van der Waals surface area contributed by atoms with Gasteiger partial charge < -0.3 is 0 Å². The molecule has 0 bridgehead atoms. The van der Waals surface area contributed by atoms with Gasteiger partial charge in [0.15, 0.2) is 0 Å². The zero-order valence-electron chi connectivity index (χ0n) is 31.2. The second-order valence-electron chi connectivity index (χ2n) is 17.1. The quantitative estimate of drug-likeness (QED) is 0.188. The summed E-state index contributed by atoms with van der Waals surface area (Å²) in [6, 6.07) is 33.6. The highest BCUT2D eigenvalue weighted by Gasteiger charge is 2.51. The second-order valence-corrected chi connectivity index (χ2v) is 21.3. The summed E-state index contributed by atoms with van der Waals surface area (Å²) < 4.78 is 0. The maximum absolute atomic E-state index is 2.58. The lowest BCUT2D eigenvalue weighted by atomic mass is 9.85. The van der Waals surface area contributed by atoms with Crippen molar-refractivity contribution in [2.75, 3.05) is 11.5 Å². The van der Waals surface area contributed by atoms with Crippen LogP contribution in [0.4, 0.5) is 0 Å². The van der Waals surface area contributed by atoms with E-state index in [2.05, 4.69) is 161 Å². The maximum atomic E-state index is 2.58. The molecule has 4 aromatic carbocycles. The van der Waals surface area contributed by atoms with Crippen molar-refractivity contribution in [1.29, 1.82) is 0 Å². The van der Waals surface area contributed by atoms with E-state index in [0.717, 1.165) is 0 Å². The molecule has 2 aliphatic carbocycles. The van der Waals surface area contributed by atoms with Gasteiger partial charge in [0.05, 0.1) is 0 Å². The van der Waals surface area contributed by atoms with Gasteiger partial charge in [-0.25, -0.2) is 10.0 Å². The molecular weight excluding hydrogens is 585 g/mol. The van der Waals surface area contributed by atoms with Gasteiger partial charge in [-0.1, -0.05) is 161 Å². The van der Waals surface area contributed by atoms with Crippen LogP contribution in [0.2, 0.25) is 0 Å². The van der Waals surface area contributed by atoms with Crippen LogP contribution in [0.5, 0.6) is 0 Å². The molecule has 47 heavy (non-hydrogen) atoms. The lowest BCUT2D eigenvalue weighted by Gasteiger charge is -2.54. The zero-order valence-corrected chi connectivity index (χ0v) is 32.0. The van der Waals surface area contributed by atoms with Gasteiger partial charge in [-0.15, -0.1) is 0 Å². The number of hydrogen-bond acceptors (Lipinski definition) is 0. The van der Waals surface area contributed by atoms with Gasteiger partial charge in [-0.3, -0.25) is 0 Å². The first-order valence-corrected chi connectivity index (χ1v) is 20.5. The van der Waals surface area contributed by atoms with Gasteiger partial charge >= 0.3 is 0 Å². The molecule has 4 aromatic rings. The van der Waals surface area contributed by atoms with Gasteiger partial charge in [0.2, 0.25) is 0 Å². The summed E-state index contributed by atoms with van der Waals surface area (Å²) in [7, 11) is -1.05. The van der Waals surface area contributed by atoms with E-state index in [9.17, 15) is 0 Å². The Labute approximate surface area is 289 Å². The van der Waals surface area contributed by atoms with Crippen molar-refractivity contribution in [3.63, 3.8) is 0 Å². The highest BCUT2D eigenvalue weighted by Crippen LogP contribution is 2.77. The maximum Gasteiger partial charge on any atom is 0.0182 e. The highest BCUT2D eigenvalue weighted by molar-refractivity contribution is 8.34. The van der Waals surface area contributed by atoms with Crippen molar-refractivity contribution in [3.8, 4) is 22.3 Å². The molecule has 0 saturated heterocycles. The SMILES string of the molecule is CCS(CC)(C1c2cccc(-c3ccc(C(C)(C)C)cc3)c2CC1C)C1c2cccc(-c3ccc(C(C)(C)C)cc3)c2CC1C(C)C. The van der Waals surface area contributed by atoms with Crippen molar-refractivity contribution >= 4 is 10.0 Å². The molecule has 4 atom stereocenters. The third-order valence-electron chi connectivity index (χ3n) is 12.0. The summed E-state index contributed by atoms with van der Waals surface area (Å²) >= 11 is 0. The summed E-state index contributed by atoms with van der Waals surface area (Å²) in [5.74, 6) is 4.57. The Hall–Kier alpha value is -2.77. The van der Waals surface area contributed by atoms with E-state index in [1.165, 1.54) is 57.7 Å². The highest BCUT2D eigenvalue weighted by atomic mass is 32.3. The van der Waals surface area contributed by atoms with E-state index in [0.29, 0.717) is 28.3 Å². The minimum absolute atomic E-state index is 0.167. The minimum atomic E-state index is -1.05. The smallest absolute Gasteiger partial charge is 0.0182 e. The Morgan fingerprint density at radius 3 is 1.43 bits per heavy atom. The third kappa shape index (κ3) is 5.94. The number of rotatable bonds is 7. The van der Waals surface area contributed by atoms with Crippen LogP contribution in [0.25, 0.3) is 22.3 Å². The van der Waals surface area contributed by atoms with Gasteiger partial charge in [-0.05, 0) is 109 Å². The first kappa shape index (κ1) is 34.1. The van der Waals surface area contributed by atoms with Crippen LogP contribution in [-0.4, -0.2) is 11.5 Å². The fourth-order valence-corrected chi connectivity index (χ4v) is 15.1. The zero-order chi connectivity index (χ0) is 33.9. The van der Waals surface area contributed by atoms with Crippen LogP contribution in [0.3, 0.4) is 0 Å². The molecule has 0 heterocycles. The van der Waals surface area contributed by atoms with E-state index in [-0.39, 0.29) is 10.8 Å². The largest absolute Gasteiger partial charge is 0.227 e. The average Bonchev–Trinajstić information content (AvgIpc) is 3.60. The molecule has 4 unspecified atom stereocenters. The lowest BCUT2D eigenvalue weighted by Crippen LogP contribution is -2.29. The van der Waals surface area contributed by atoms with Gasteiger partial charge in [0, 0.05) is 10.5 Å². The fourth-order valence-electron chi connectivity index (χ4n) is 9.33. The molecule has 0 saturated carbocycles. The second kappa shape index (κ2) is 12.6. The van der Waals surface area contributed by atoms with Crippen molar-refractivity contribution in [3.05, 3.63) is 118 Å². The van der Waals surface area contributed by atoms with E-state index in [1.807, 2.05) is 0 Å². The van der Waals surface area contributed by atoms with Gasteiger partial charge in [0.25, 0.3) is 0 Å². The Bertz CT molecular complexity index is 1700. The molecule has 1 heteroatoms. The molecule has 6 rings (SSSR count). The molecular formula is C46H60S. The predicted molar refractivity (Wildman–Crippen MR) is 210 cm³/mol. The van der Waals surface area contributed by atoms with Crippen molar-refractivity contribution < 1.29 is 0 Å². The molecule has 0 amide bonds. The van der Waals surface area contributed by atoms with Crippen LogP contribution < -0.4 is 0 Å². The molecule has 0 aliphatic heterocycles. The summed E-state index contributed by atoms with van der Waals surface area (Å²) in [5, 5.41) is 1.27. The van der Waals surface area contributed by atoms with Crippen molar-refractivity contribution in [1.82, 2.24) is 0 Å². The number of benzene rings is 4. The summed E-state index contributed by atoms with van der Waals surface area (Å²) in [6.45, 7) is 26.5. The van der Waals surface area contributed by atoms with Crippen LogP contribution >= 0.6 is 10.0 Å². The molecule has 0 radical (unpaired) electrons. The number of fused-ring (bicyclic) bond motifs is 2.